The smallest absolute Gasteiger partial charge is 0.243 e. The van der Waals surface area contributed by atoms with E-state index in [1.54, 1.807) is 19.1 Å². The van der Waals surface area contributed by atoms with Gasteiger partial charge in [0.25, 0.3) is 0 Å². The molecule has 114 valence electrons. The van der Waals surface area contributed by atoms with Crippen LogP contribution in [0, 0.1) is 6.92 Å². The van der Waals surface area contributed by atoms with E-state index in [-0.39, 0.29) is 16.5 Å². The molecule has 0 bridgehead atoms. The number of fused-ring (bicyclic) bond motifs is 1. The summed E-state index contributed by atoms with van der Waals surface area (Å²) in [5.74, 6) is 0. The molecule has 6 nitrogen and oxygen atoms in total. The quantitative estimate of drug-likeness (QED) is 0.799. The van der Waals surface area contributed by atoms with Crippen LogP contribution < -0.4 is 4.72 Å². The monoisotopic (exact) mass is 317 g/mol. The van der Waals surface area contributed by atoms with Crippen LogP contribution in [0.5, 0.6) is 0 Å². The minimum atomic E-state index is -3.73. The van der Waals surface area contributed by atoms with E-state index < -0.39 is 10.0 Å². The maximum absolute atomic E-state index is 12.6. The largest absolute Gasteiger partial charge is 0.243 e. The molecule has 0 aliphatic heterocycles. The van der Waals surface area contributed by atoms with Crippen LogP contribution in [0.25, 0.3) is 11.0 Å². The molecule has 3 rings (SSSR count). The van der Waals surface area contributed by atoms with E-state index >= 15 is 0 Å². The van der Waals surface area contributed by atoms with Crippen LogP contribution in [0.1, 0.15) is 24.1 Å². The number of aromatic nitrogens is 2. The molecule has 0 radical (unpaired) electrons. The predicted octanol–water partition coefficient (Wildman–Crippen LogP) is 2.57. The highest BCUT2D eigenvalue weighted by molar-refractivity contribution is 7.89. The van der Waals surface area contributed by atoms with E-state index in [9.17, 15) is 8.42 Å². The van der Waals surface area contributed by atoms with Crippen molar-refractivity contribution in [3.05, 3.63) is 53.6 Å². The van der Waals surface area contributed by atoms with Crippen molar-refractivity contribution in [2.45, 2.75) is 24.8 Å². The highest BCUT2D eigenvalue weighted by atomic mass is 32.2. The summed E-state index contributed by atoms with van der Waals surface area (Å²) < 4.78 is 32.4. The average molecular weight is 317 g/mol. The van der Waals surface area contributed by atoms with Crippen LogP contribution in [-0.4, -0.2) is 18.7 Å². The third kappa shape index (κ3) is 2.72. The SMILES string of the molecule is Cc1ccc([C@@H](C)NS(=O)(=O)c2cccc3nonc23)cc1. The standard InChI is InChI=1S/C15H15N3O3S/c1-10-6-8-12(9-7-10)11(2)18-22(19,20)14-5-3-4-13-15(14)17-21-16-13/h3-9,11,18H,1-2H3/t11-/m1/s1. The molecule has 0 unspecified atom stereocenters. The first kappa shape index (κ1) is 14.7. The van der Waals surface area contributed by atoms with Gasteiger partial charge in [0.2, 0.25) is 10.0 Å². The third-order valence-corrected chi connectivity index (χ3v) is 5.02. The van der Waals surface area contributed by atoms with Gasteiger partial charge in [-0.2, -0.15) is 0 Å². The summed E-state index contributed by atoms with van der Waals surface area (Å²) in [6, 6.07) is 12.1. The van der Waals surface area contributed by atoms with Crippen molar-refractivity contribution >= 4 is 21.1 Å². The van der Waals surface area contributed by atoms with Gasteiger partial charge in [-0.1, -0.05) is 35.9 Å². The topological polar surface area (TPSA) is 85.1 Å². The van der Waals surface area contributed by atoms with Crippen LogP contribution in [0.2, 0.25) is 0 Å². The Bertz CT molecular complexity index is 901. The van der Waals surface area contributed by atoms with Gasteiger partial charge in [0.05, 0.1) is 0 Å². The van der Waals surface area contributed by atoms with Crippen LogP contribution in [0.15, 0.2) is 52.0 Å². The molecule has 0 saturated carbocycles. The Balaban J connectivity index is 1.93. The first-order valence-corrected chi connectivity index (χ1v) is 8.26. The van der Waals surface area contributed by atoms with Gasteiger partial charge < -0.3 is 0 Å². The molecule has 1 atom stereocenters. The molecule has 1 aromatic heterocycles. The Morgan fingerprint density at radius 2 is 1.82 bits per heavy atom. The lowest BCUT2D eigenvalue weighted by Crippen LogP contribution is -2.27. The second-order valence-electron chi connectivity index (χ2n) is 5.14. The van der Waals surface area contributed by atoms with Gasteiger partial charge in [-0.05, 0) is 41.9 Å². The van der Waals surface area contributed by atoms with E-state index in [4.69, 9.17) is 0 Å². The van der Waals surface area contributed by atoms with Gasteiger partial charge >= 0.3 is 0 Å². The minimum Gasteiger partial charge on any atom is -0.243 e. The van der Waals surface area contributed by atoms with Crippen LogP contribution >= 0.6 is 0 Å². The zero-order valence-electron chi connectivity index (χ0n) is 12.1. The molecule has 0 saturated heterocycles. The molecule has 2 aromatic carbocycles. The Hall–Kier alpha value is -2.25. The number of sulfonamides is 1. The second kappa shape index (κ2) is 5.51. The van der Waals surface area contributed by atoms with Crippen LogP contribution in [-0.2, 0) is 10.0 Å². The van der Waals surface area contributed by atoms with Gasteiger partial charge in [0.15, 0.2) is 5.52 Å². The van der Waals surface area contributed by atoms with Gasteiger partial charge in [-0.3, -0.25) is 0 Å². The molecule has 0 aliphatic rings. The predicted molar refractivity (Wildman–Crippen MR) is 81.7 cm³/mol. The highest BCUT2D eigenvalue weighted by Gasteiger charge is 2.22. The van der Waals surface area contributed by atoms with Crippen molar-refractivity contribution in [3.8, 4) is 0 Å². The number of rotatable bonds is 4. The van der Waals surface area contributed by atoms with Crippen molar-refractivity contribution < 1.29 is 13.0 Å². The second-order valence-corrected chi connectivity index (χ2v) is 6.82. The summed E-state index contributed by atoms with van der Waals surface area (Å²) in [5, 5.41) is 7.33. The zero-order chi connectivity index (χ0) is 15.7. The van der Waals surface area contributed by atoms with Crippen molar-refractivity contribution in [1.29, 1.82) is 0 Å². The highest BCUT2D eigenvalue weighted by Crippen LogP contribution is 2.22. The van der Waals surface area contributed by atoms with Gasteiger partial charge in [0, 0.05) is 6.04 Å². The number of nitrogens with zero attached hydrogens (tertiary/aromatic N) is 2. The van der Waals surface area contributed by atoms with E-state index in [0.29, 0.717) is 5.52 Å². The molecule has 3 aromatic rings. The zero-order valence-corrected chi connectivity index (χ0v) is 13.0. The van der Waals surface area contributed by atoms with Crippen LogP contribution in [0.3, 0.4) is 0 Å². The maximum atomic E-state index is 12.6. The molecule has 0 spiro atoms. The summed E-state index contributed by atoms with van der Waals surface area (Å²) >= 11 is 0. The van der Waals surface area contributed by atoms with Crippen molar-refractivity contribution in [2.75, 3.05) is 0 Å². The molecule has 22 heavy (non-hydrogen) atoms. The van der Waals surface area contributed by atoms with E-state index in [1.807, 2.05) is 31.2 Å². The van der Waals surface area contributed by atoms with Gasteiger partial charge in [-0.25, -0.2) is 17.8 Å². The summed E-state index contributed by atoms with van der Waals surface area (Å²) in [4.78, 5) is 0.0604. The molecule has 7 heteroatoms. The number of aryl methyl sites for hydroxylation is 1. The Morgan fingerprint density at radius 1 is 1.09 bits per heavy atom. The Labute approximate surface area is 128 Å². The first-order chi connectivity index (χ1) is 10.5. The maximum Gasteiger partial charge on any atom is 0.243 e. The first-order valence-electron chi connectivity index (χ1n) is 6.77. The van der Waals surface area contributed by atoms with Crippen molar-refractivity contribution in [1.82, 2.24) is 15.0 Å². The number of nitrogens with one attached hydrogen (secondary N) is 1. The minimum absolute atomic E-state index is 0.0604. The lowest BCUT2D eigenvalue weighted by molar-refractivity contribution is 0.315. The summed E-state index contributed by atoms with van der Waals surface area (Å²) in [6.45, 7) is 3.78. The van der Waals surface area contributed by atoms with Crippen molar-refractivity contribution in [2.24, 2.45) is 0 Å². The van der Waals surface area contributed by atoms with E-state index in [2.05, 4.69) is 19.7 Å². The normalized spacial score (nSPS) is 13.4. The average Bonchev–Trinajstić information content (AvgIpc) is 2.95. The lowest BCUT2D eigenvalue weighted by atomic mass is 10.1. The van der Waals surface area contributed by atoms with Crippen LogP contribution in [0.4, 0.5) is 0 Å². The van der Waals surface area contributed by atoms with Gasteiger partial charge in [0.1, 0.15) is 10.4 Å². The fourth-order valence-corrected chi connectivity index (χ4v) is 3.60. The molecule has 0 amide bonds. The molecule has 0 aliphatic carbocycles. The molecule has 1 N–H and O–H groups in total. The fraction of sp³-hybridized carbons (Fsp3) is 0.200. The molecular formula is C15H15N3O3S. The summed E-state index contributed by atoms with van der Waals surface area (Å²) in [5.41, 5.74) is 2.65. The molecule has 1 heterocycles. The van der Waals surface area contributed by atoms with E-state index in [0.717, 1.165) is 11.1 Å². The molecule has 0 fully saturated rings. The van der Waals surface area contributed by atoms with Crippen molar-refractivity contribution in [3.63, 3.8) is 0 Å². The Morgan fingerprint density at radius 3 is 2.55 bits per heavy atom. The summed E-state index contributed by atoms with van der Waals surface area (Å²) in [7, 11) is -3.73. The molecular weight excluding hydrogens is 302 g/mol. The summed E-state index contributed by atoms with van der Waals surface area (Å²) in [6.07, 6.45) is 0. The lowest BCUT2D eigenvalue weighted by Gasteiger charge is -2.15. The number of hydrogen-bond donors (Lipinski definition) is 1. The number of benzene rings is 2. The number of hydrogen-bond acceptors (Lipinski definition) is 5. The Kier molecular flexibility index (Phi) is 3.67. The van der Waals surface area contributed by atoms with E-state index in [1.165, 1.54) is 6.07 Å². The fourth-order valence-electron chi connectivity index (χ4n) is 2.22. The van der Waals surface area contributed by atoms with Gasteiger partial charge in [-0.15, -0.1) is 0 Å². The third-order valence-electron chi connectivity index (χ3n) is 3.45.